The van der Waals surface area contributed by atoms with Crippen LogP contribution >= 0.6 is 0 Å². The molecule has 0 saturated heterocycles. The number of benzene rings is 5. The summed E-state index contributed by atoms with van der Waals surface area (Å²) in [4.78, 5) is 19.7. The molecule has 0 spiro atoms. The first-order chi connectivity index (χ1) is 25.8. The molecule has 10 nitrogen and oxygen atoms in total. The van der Waals surface area contributed by atoms with Gasteiger partial charge in [0, 0.05) is 31.6 Å². The van der Waals surface area contributed by atoms with Gasteiger partial charge in [0.15, 0.2) is 21.5 Å². The number of aliphatic hydroxyl groups is 1. The third kappa shape index (κ3) is 9.12. The third-order valence-corrected chi connectivity index (χ3v) is 10.8. The molecule has 0 bridgehead atoms. The van der Waals surface area contributed by atoms with Crippen molar-refractivity contribution in [3.05, 3.63) is 150 Å². The van der Waals surface area contributed by atoms with Gasteiger partial charge >= 0.3 is 0 Å². The normalized spacial score (nSPS) is 16.7. The second-order valence-corrected chi connectivity index (χ2v) is 14.7. The van der Waals surface area contributed by atoms with Crippen LogP contribution in [0.2, 0.25) is 0 Å². The maximum atomic E-state index is 14.6. The molecule has 1 aliphatic heterocycles. The number of nitrogens with zero attached hydrogens (tertiary/aromatic N) is 1. The van der Waals surface area contributed by atoms with E-state index in [2.05, 4.69) is 10.9 Å². The number of amides is 1. The Morgan fingerprint density at radius 3 is 2.09 bits per heavy atom. The van der Waals surface area contributed by atoms with Crippen LogP contribution in [0.25, 0.3) is 11.1 Å². The molecule has 2 atom stereocenters. The zero-order valence-corrected chi connectivity index (χ0v) is 30.3. The molecule has 53 heavy (non-hydrogen) atoms. The van der Waals surface area contributed by atoms with Crippen molar-refractivity contribution in [3.8, 4) is 22.6 Å². The topological polar surface area (TPSA) is 136 Å². The fourth-order valence-corrected chi connectivity index (χ4v) is 7.52. The van der Waals surface area contributed by atoms with Gasteiger partial charge in [0.25, 0.3) is 5.91 Å². The van der Waals surface area contributed by atoms with Gasteiger partial charge in [-0.15, -0.1) is 0 Å². The molecule has 0 saturated carbocycles. The van der Waals surface area contributed by atoms with E-state index in [0.717, 1.165) is 22.4 Å². The molecule has 1 aliphatic rings. The molecule has 0 unspecified atom stereocenters. The van der Waals surface area contributed by atoms with E-state index in [1.54, 1.807) is 61.7 Å². The minimum Gasteiger partial charge on any atom is -0.497 e. The van der Waals surface area contributed by atoms with Crippen LogP contribution in [0.5, 0.6) is 11.5 Å². The van der Waals surface area contributed by atoms with Crippen molar-refractivity contribution >= 4 is 21.6 Å². The lowest BCUT2D eigenvalue weighted by Crippen LogP contribution is -2.53. The highest BCUT2D eigenvalue weighted by atomic mass is 32.2. The standard InChI is InChI=1S/C42H43N3O7S/c1-50-36-21-13-31(14-22-36)25-27-43-45-41(47)42(26-30-53(48,49)38-11-6-3-7-12-38)39(34-17-15-33(16-18-34)32-9-4-2-5-10-32)52-40(44-42)35-19-23-37(24-20-35)51-29-8-28-46/h2-7,9-24,39,43,46H,8,25-30H2,1H3,(H,45,47)/t39-,42-/m0/s1. The first-order valence-corrected chi connectivity index (χ1v) is 19.2. The zero-order chi connectivity index (χ0) is 37.1. The highest BCUT2D eigenvalue weighted by Gasteiger charge is 2.53. The summed E-state index contributed by atoms with van der Waals surface area (Å²) in [6.07, 6.45) is -0.00766. The Morgan fingerprint density at radius 1 is 0.811 bits per heavy atom. The quantitative estimate of drug-likeness (QED) is 0.0771. The number of carbonyl (C=O) groups excluding carboxylic acids is 1. The second-order valence-electron chi connectivity index (χ2n) is 12.6. The van der Waals surface area contributed by atoms with Gasteiger partial charge in [-0.3, -0.25) is 10.2 Å². The predicted octanol–water partition coefficient (Wildman–Crippen LogP) is 6.11. The van der Waals surface area contributed by atoms with E-state index in [0.29, 0.717) is 42.9 Å². The monoisotopic (exact) mass is 733 g/mol. The number of hydrogen-bond acceptors (Lipinski definition) is 9. The van der Waals surface area contributed by atoms with E-state index < -0.39 is 27.4 Å². The van der Waals surface area contributed by atoms with Crippen LogP contribution in [-0.2, 0) is 25.8 Å². The molecule has 5 aromatic rings. The van der Waals surface area contributed by atoms with Crippen molar-refractivity contribution in [2.24, 2.45) is 4.99 Å². The predicted molar refractivity (Wildman–Crippen MR) is 205 cm³/mol. The van der Waals surface area contributed by atoms with Gasteiger partial charge in [-0.05, 0) is 77.2 Å². The van der Waals surface area contributed by atoms with Crippen LogP contribution in [-0.4, -0.2) is 63.5 Å². The van der Waals surface area contributed by atoms with Crippen LogP contribution in [0, 0.1) is 0 Å². The van der Waals surface area contributed by atoms with E-state index in [9.17, 15) is 13.2 Å². The number of aliphatic imine (C=N–C) groups is 1. The average Bonchev–Trinajstić information content (AvgIpc) is 3.61. The Hall–Kier alpha value is -5.49. The molecule has 0 radical (unpaired) electrons. The van der Waals surface area contributed by atoms with E-state index in [4.69, 9.17) is 24.3 Å². The number of aliphatic hydroxyl groups excluding tert-OH is 1. The van der Waals surface area contributed by atoms with Crippen LogP contribution < -0.4 is 20.3 Å². The van der Waals surface area contributed by atoms with Gasteiger partial charge in [-0.25, -0.2) is 18.8 Å². The maximum Gasteiger partial charge on any atom is 0.266 e. The minimum atomic E-state index is -3.80. The summed E-state index contributed by atoms with van der Waals surface area (Å²) in [6.45, 7) is 0.790. The Kier molecular flexibility index (Phi) is 12.2. The van der Waals surface area contributed by atoms with Crippen molar-refractivity contribution in [3.63, 3.8) is 0 Å². The van der Waals surface area contributed by atoms with E-state index >= 15 is 0 Å². The summed E-state index contributed by atoms with van der Waals surface area (Å²) in [5.74, 6) is 0.685. The van der Waals surface area contributed by atoms with E-state index in [1.807, 2.05) is 78.9 Å². The summed E-state index contributed by atoms with van der Waals surface area (Å²) in [5, 5.41) is 9.12. The smallest absolute Gasteiger partial charge is 0.266 e. The lowest BCUT2D eigenvalue weighted by Gasteiger charge is -2.30. The Morgan fingerprint density at radius 2 is 1.43 bits per heavy atom. The molecule has 5 aromatic carbocycles. The first kappa shape index (κ1) is 37.3. The molecule has 6 rings (SSSR count). The Labute approximate surface area is 310 Å². The summed E-state index contributed by atoms with van der Waals surface area (Å²) in [7, 11) is -2.19. The molecular formula is C42H43N3O7S. The molecule has 3 N–H and O–H groups in total. The highest BCUT2D eigenvalue weighted by molar-refractivity contribution is 7.91. The van der Waals surface area contributed by atoms with Gasteiger partial charge in [0.2, 0.25) is 5.90 Å². The number of nitrogens with one attached hydrogen (secondary N) is 2. The molecule has 1 heterocycles. The van der Waals surface area contributed by atoms with Gasteiger partial charge in [-0.1, -0.05) is 84.9 Å². The fourth-order valence-electron chi connectivity index (χ4n) is 6.14. The number of methoxy groups -OCH3 is 1. The summed E-state index contributed by atoms with van der Waals surface area (Å²) in [6, 6.07) is 40.6. The fraction of sp³-hybridized carbons (Fsp3) is 0.238. The van der Waals surface area contributed by atoms with Crippen LogP contribution in [0.4, 0.5) is 0 Å². The number of sulfone groups is 1. The molecule has 11 heteroatoms. The Bertz CT molecular complexity index is 2080. The number of hydrogen-bond donors (Lipinski definition) is 3. The molecular weight excluding hydrogens is 691 g/mol. The summed E-state index contributed by atoms with van der Waals surface area (Å²) < 4.78 is 44.9. The lowest BCUT2D eigenvalue weighted by atomic mass is 9.84. The van der Waals surface area contributed by atoms with Gasteiger partial charge < -0.3 is 19.3 Å². The van der Waals surface area contributed by atoms with Gasteiger partial charge in [-0.2, -0.15) is 0 Å². The highest BCUT2D eigenvalue weighted by Crippen LogP contribution is 2.43. The van der Waals surface area contributed by atoms with E-state index in [-0.39, 0.29) is 29.6 Å². The van der Waals surface area contributed by atoms with Gasteiger partial charge in [0.05, 0.1) is 24.4 Å². The van der Waals surface area contributed by atoms with Crippen LogP contribution in [0.3, 0.4) is 0 Å². The van der Waals surface area contributed by atoms with Crippen molar-refractivity contribution in [1.29, 1.82) is 0 Å². The molecule has 0 fully saturated rings. The second kappa shape index (κ2) is 17.4. The van der Waals surface area contributed by atoms with Crippen molar-refractivity contribution < 1.29 is 32.5 Å². The van der Waals surface area contributed by atoms with Gasteiger partial charge in [0.1, 0.15) is 11.5 Å². The number of rotatable bonds is 17. The first-order valence-electron chi connectivity index (χ1n) is 17.5. The largest absolute Gasteiger partial charge is 0.497 e. The average molecular weight is 734 g/mol. The minimum absolute atomic E-state index is 0.0247. The van der Waals surface area contributed by atoms with E-state index in [1.165, 1.54) is 0 Å². The number of hydrazine groups is 1. The van der Waals surface area contributed by atoms with Crippen LogP contribution in [0.1, 0.15) is 35.6 Å². The molecule has 0 aliphatic carbocycles. The summed E-state index contributed by atoms with van der Waals surface area (Å²) >= 11 is 0. The molecule has 0 aromatic heterocycles. The third-order valence-electron chi connectivity index (χ3n) is 9.10. The summed E-state index contributed by atoms with van der Waals surface area (Å²) in [5.41, 5.74) is 8.53. The molecule has 274 valence electrons. The zero-order valence-electron chi connectivity index (χ0n) is 29.5. The van der Waals surface area contributed by atoms with Crippen LogP contribution in [0.15, 0.2) is 143 Å². The van der Waals surface area contributed by atoms with Crippen molar-refractivity contribution in [1.82, 2.24) is 10.9 Å². The maximum absolute atomic E-state index is 14.6. The van der Waals surface area contributed by atoms with Crippen molar-refractivity contribution in [2.45, 2.75) is 35.8 Å². The molecule has 1 amide bonds. The number of carbonyl (C=O) groups is 1. The SMILES string of the molecule is COc1ccc(CCNNC(=O)[C@@]2(CCS(=O)(=O)c3ccccc3)N=C(c3ccc(OCCCO)cc3)O[C@H]2c2ccc(-c3ccccc3)cc2)cc1. The number of ether oxygens (including phenoxy) is 3. The van der Waals surface area contributed by atoms with Crippen molar-refractivity contribution in [2.75, 3.05) is 32.6 Å². The Balaban J connectivity index is 1.34. The lowest BCUT2D eigenvalue weighted by molar-refractivity contribution is -0.130.